The maximum Gasteiger partial charge on any atom is 0.408 e. The number of hydrogen-bond donors (Lipinski definition) is 5. The van der Waals surface area contributed by atoms with E-state index < -0.39 is 69.7 Å². The van der Waals surface area contributed by atoms with Gasteiger partial charge in [-0.15, -0.1) is 11.8 Å². The van der Waals surface area contributed by atoms with E-state index >= 15 is 14.4 Å². The number of alkyl carbamates (subject to hydrolysis) is 1. The Kier molecular flexibility index (Phi) is 22.5. The first-order valence-electron chi connectivity index (χ1n) is 29.4. The first-order chi connectivity index (χ1) is 40.2. The van der Waals surface area contributed by atoms with Crippen molar-refractivity contribution in [2.75, 3.05) is 25.5 Å². The van der Waals surface area contributed by atoms with Gasteiger partial charge in [0.25, 0.3) is 0 Å². The van der Waals surface area contributed by atoms with Gasteiger partial charge in [0.15, 0.2) is 5.78 Å². The number of amidine groups is 1. The maximum atomic E-state index is 15.5. The molecule has 13 nitrogen and oxygen atoms in total. The van der Waals surface area contributed by atoms with Crippen LogP contribution < -0.4 is 27.0 Å². The van der Waals surface area contributed by atoms with Gasteiger partial charge in [-0.1, -0.05) is 216 Å². The lowest BCUT2D eigenvalue weighted by atomic mass is 9.75. The van der Waals surface area contributed by atoms with E-state index in [0.717, 1.165) is 39.8 Å². The molecule has 4 atom stereocenters. The van der Waals surface area contributed by atoms with Crippen LogP contribution in [0.4, 0.5) is 4.79 Å². The summed E-state index contributed by atoms with van der Waals surface area (Å²) < 4.78 is 10.8. The number of carbonyl (C=O) groups excluding carboxylic acids is 5. The fourth-order valence-electron chi connectivity index (χ4n) is 11.2. The molecule has 3 amide bonds. The molecule has 444 valence electrons. The first kappa shape index (κ1) is 64.2. The fourth-order valence-corrected chi connectivity index (χ4v) is 12.8. The van der Waals surface area contributed by atoms with E-state index in [9.17, 15) is 9.59 Å². The number of hydrogen-bond acceptors (Lipinski definition) is 10. The van der Waals surface area contributed by atoms with Crippen LogP contribution in [0.3, 0.4) is 0 Å². The van der Waals surface area contributed by atoms with Crippen LogP contribution in [0.2, 0.25) is 0 Å². The second-order valence-electron chi connectivity index (χ2n) is 24.2. The number of thioether (sulfide) groups is 1. The molecule has 1 aliphatic rings. The zero-order valence-electron chi connectivity index (χ0n) is 50.2. The number of carbonyl (C=O) groups is 5. The quantitative estimate of drug-likeness (QED) is 0.0131. The number of ketones is 2. The van der Waals surface area contributed by atoms with Gasteiger partial charge >= 0.3 is 6.09 Å². The van der Waals surface area contributed by atoms with Crippen LogP contribution in [0.15, 0.2) is 187 Å². The van der Waals surface area contributed by atoms with E-state index in [2.05, 4.69) is 90.4 Å². The van der Waals surface area contributed by atoms with Crippen LogP contribution in [0.1, 0.15) is 134 Å². The predicted octanol–water partition coefficient (Wildman–Crippen LogP) is 11.9. The molecule has 1 saturated heterocycles. The minimum Gasteiger partial charge on any atom is -0.444 e. The summed E-state index contributed by atoms with van der Waals surface area (Å²) in [5, 5.41) is 13.0. The smallest absolute Gasteiger partial charge is 0.408 e. The second kappa shape index (κ2) is 29.4. The Bertz CT molecular complexity index is 2900. The Morgan fingerprint density at radius 3 is 1.46 bits per heavy atom. The molecule has 6 aromatic rings. The zero-order chi connectivity index (χ0) is 60.4. The maximum absolute atomic E-state index is 15.5. The normalized spacial score (nSPS) is 15.1. The van der Waals surface area contributed by atoms with Crippen molar-refractivity contribution in [1.29, 1.82) is 0 Å². The van der Waals surface area contributed by atoms with Crippen molar-refractivity contribution >= 4 is 47.1 Å². The van der Waals surface area contributed by atoms with Crippen molar-refractivity contribution in [3.63, 3.8) is 0 Å². The molecule has 1 heterocycles. The Morgan fingerprint density at radius 2 is 1.07 bits per heavy atom. The molecule has 0 saturated carbocycles. The average Bonchev–Trinajstić information content (AvgIpc) is 1.12. The van der Waals surface area contributed by atoms with Gasteiger partial charge in [-0.3, -0.25) is 29.5 Å². The van der Waals surface area contributed by atoms with Crippen molar-refractivity contribution in [3.8, 4) is 0 Å². The predicted molar refractivity (Wildman–Crippen MR) is 338 cm³/mol. The summed E-state index contributed by atoms with van der Waals surface area (Å²) in [7, 11) is 0. The summed E-state index contributed by atoms with van der Waals surface area (Å²) in [6.45, 7) is 16.5. The van der Waals surface area contributed by atoms with E-state index in [-0.39, 0.29) is 48.9 Å². The number of nitrogens with one attached hydrogen (secondary N) is 4. The molecule has 1 aliphatic heterocycles. The van der Waals surface area contributed by atoms with Crippen LogP contribution in [-0.2, 0) is 38.9 Å². The van der Waals surface area contributed by atoms with Crippen molar-refractivity contribution in [1.82, 2.24) is 21.3 Å². The molecule has 1 fully saturated rings. The molecule has 0 aromatic heterocycles. The standard InChI is InChI=1S/C70H86N6O7S/c1-9-51(66(3,4)5)45-62(78)58(41-28-44-72-50(2)71)75-68(48-82-49-68)43-42-61(77)59(46-63(79)76-69(52-29-16-10-17-30-52,53-31-18-11-19-32-53)54-33-20-12-21-34-54)73-64(80)60(74-65(81)83-67(6,7)8)47-84-70(55-35-22-13-23-36-55,56-37-24-14-25-38-56)57-39-26-15-27-40-57/h10-27,29-40,51,58-60,75H,9,28,41-49H2,1-8H3,(H2,71,72)(H,73,80)(H,74,81)(H,76,79)/t51-,58+,59+,60+/m1/s1. The molecule has 0 radical (unpaired) electrons. The molecular weight excluding hydrogens is 1070 g/mol. The van der Waals surface area contributed by atoms with Crippen molar-refractivity contribution in [3.05, 3.63) is 215 Å². The minimum atomic E-state index is -1.39. The number of nitrogens with two attached hydrogens (primary N) is 1. The number of aliphatic imine (C=N–C) groups is 1. The molecule has 0 unspecified atom stereocenters. The largest absolute Gasteiger partial charge is 0.444 e. The molecule has 0 spiro atoms. The third-order valence-corrected chi connectivity index (χ3v) is 17.4. The second-order valence-corrected chi connectivity index (χ2v) is 25.4. The molecule has 6 aromatic carbocycles. The van der Waals surface area contributed by atoms with Gasteiger partial charge in [-0.2, -0.15) is 0 Å². The van der Waals surface area contributed by atoms with Gasteiger partial charge in [-0.25, -0.2) is 4.79 Å². The Balaban J connectivity index is 1.27. The van der Waals surface area contributed by atoms with Crippen LogP contribution in [0, 0.1) is 11.3 Å². The molecular formula is C70H86N6O7S. The number of nitrogens with zero attached hydrogens (tertiary/aromatic N) is 1. The van der Waals surface area contributed by atoms with E-state index in [1.54, 1.807) is 27.7 Å². The highest BCUT2D eigenvalue weighted by Crippen LogP contribution is 2.49. The zero-order valence-corrected chi connectivity index (χ0v) is 51.0. The van der Waals surface area contributed by atoms with E-state index in [1.807, 2.05) is 146 Å². The van der Waals surface area contributed by atoms with Gasteiger partial charge in [0, 0.05) is 25.1 Å². The summed E-state index contributed by atoms with van der Waals surface area (Å²) >= 11 is 1.46. The molecule has 84 heavy (non-hydrogen) atoms. The lowest BCUT2D eigenvalue weighted by Gasteiger charge is -2.45. The topological polar surface area (TPSA) is 190 Å². The first-order valence-corrected chi connectivity index (χ1v) is 30.4. The lowest BCUT2D eigenvalue weighted by molar-refractivity contribution is -0.134. The lowest BCUT2D eigenvalue weighted by Crippen LogP contribution is -2.65. The number of benzene rings is 6. The summed E-state index contributed by atoms with van der Waals surface area (Å²) in [5.74, 6) is -0.918. The van der Waals surface area contributed by atoms with Crippen LogP contribution in [0.25, 0.3) is 0 Å². The highest BCUT2D eigenvalue weighted by Gasteiger charge is 2.45. The highest BCUT2D eigenvalue weighted by atomic mass is 32.2. The van der Waals surface area contributed by atoms with Gasteiger partial charge in [0.05, 0.1) is 47.8 Å². The third kappa shape index (κ3) is 16.9. The highest BCUT2D eigenvalue weighted by molar-refractivity contribution is 8.00. The van der Waals surface area contributed by atoms with E-state index in [1.165, 1.54) is 11.8 Å². The number of rotatable bonds is 29. The van der Waals surface area contributed by atoms with E-state index in [4.69, 9.17) is 15.2 Å². The number of ether oxygens (including phenoxy) is 2. The Labute approximate surface area is 502 Å². The molecule has 7 rings (SSSR count). The monoisotopic (exact) mass is 1150 g/mol. The Hall–Kier alpha value is -7.39. The van der Waals surface area contributed by atoms with Crippen molar-refractivity contribution in [2.45, 2.75) is 140 Å². The van der Waals surface area contributed by atoms with E-state index in [0.29, 0.717) is 31.6 Å². The van der Waals surface area contributed by atoms with Crippen molar-refractivity contribution in [2.24, 2.45) is 22.1 Å². The SMILES string of the molecule is CC[C@H](CC(=O)[C@H](CCCN=C(C)N)NC1(CCC(=O)[C@H](CC(=O)NC(c2ccccc2)(c2ccccc2)c2ccccc2)NC(=O)[C@H](CSC(c2ccccc2)(c2ccccc2)c2ccccc2)NC(=O)OC(C)(C)C)COC1)C(C)(C)C. The summed E-state index contributed by atoms with van der Waals surface area (Å²) in [5.41, 5.74) is 8.05. The van der Waals surface area contributed by atoms with Crippen LogP contribution in [0.5, 0.6) is 0 Å². The number of amides is 3. The molecule has 0 bridgehead atoms. The summed E-state index contributed by atoms with van der Waals surface area (Å²) in [6, 6.07) is 55.8. The molecule has 14 heteroatoms. The summed E-state index contributed by atoms with van der Waals surface area (Å²) in [6.07, 6.45) is 1.19. The molecule has 6 N–H and O–H groups in total. The van der Waals surface area contributed by atoms with Crippen molar-refractivity contribution < 1.29 is 33.4 Å². The number of Topliss-reactive ketones (excluding diaryl/α,β-unsaturated/α-hetero) is 2. The molecule has 0 aliphatic carbocycles. The minimum absolute atomic E-state index is 0.0000474. The van der Waals surface area contributed by atoms with Crippen LogP contribution in [-0.4, -0.2) is 90.1 Å². The van der Waals surface area contributed by atoms with Gasteiger partial charge in [-0.05, 0) is 91.7 Å². The van der Waals surface area contributed by atoms with Gasteiger partial charge in [0.1, 0.15) is 23.0 Å². The fraction of sp³-hybridized carbons (Fsp3) is 0.400. The third-order valence-electron chi connectivity index (χ3n) is 15.7. The van der Waals surface area contributed by atoms with Gasteiger partial charge in [0.2, 0.25) is 11.8 Å². The Morgan fingerprint density at radius 1 is 0.619 bits per heavy atom. The summed E-state index contributed by atoms with van der Waals surface area (Å²) in [4.78, 5) is 79.0. The van der Waals surface area contributed by atoms with Crippen LogP contribution >= 0.6 is 11.8 Å². The average molecular weight is 1160 g/mol. The van der Waals surface area contributed by atoms with Gasteiger partial charge < -0.3 is 31.2 Å².